The second-order valence-electron chi connectivity index (χ2n) is 5.50. The predicted octanol–water partition coefficient (Wildman–Crippen LogP) is 0.954. The number of hydrogen-bond acceptors (Lipinski definition) is 3. The smallest absolute Gasteiger partial charge is 0.290 e. The van der Waals surface area contributed by atoms with Gasteiger partial charge in [0.1, 0.15) is 0 Å². The van der Waals surface area contributed by atoms with E-state index in [1.54, 1.807) is 18.7 Å². The third kappa shape index (κ3) is 3.06. The fourth-order valence-electron chi connectivity index (χ4n) is 2.29. The number of carbonyl (C=O) groups excluding carboxylic acids is 2. The zero-order valence-corrected chi connectivity index (χ0v) is 10.7. The average molecular weight is 238 g/mol. The van der Waals surface area contributed by atoms with Crippen molar-refractivity contribution in [2.75, 3.05) is 13.1 Å². The molecule has 0 radical (unpaired) electrons. The Kier molecular flexibility index (Phi) is 3.82. The topological polar surface area (TPSA) is 49.4 Å². The zero-order valence-electron chi connectivity index (χ0n) is 10.7. The van der Waals surface area contributed by atoms with Crippen LogP contribution in [0.2, 0.25) is 0 Å². The second-order valence-corrected chi connectivity index (χ2v) is 5.50. The summed E-state index contributed by atoms with van der Waals surface area (Å²) in [5, 5.41) is 3.45. The Labute approximate surface area is 103 Å². The number of Topliss-reactive ketones (excluding diaryl/α,β-unsaturated/α-hetero) is 1. The van der Waals surface area contributed by atoms with Crippen molar-refractivity contribution in [1.29, 1.82) is 0 Å². The molecule has 96 valence electrons. The molecular weight excluding hydrogens is 216 g/mol. The highest BCUT2D eigenvalue weighted by Gasteiger charge is 2.34. The average Bonchev–Trinajstić information content (AvgIpc) is 3.02. The van der Waals surface area contributed by atoms with E-state index in [0.717, 1.165) is 25.9 Å². The van der Waals surface area contributed by atoms with Crippen LogP contribution in [0.15, 0.2) is 0 Å². The lowest BCUT2D eigenvalue weighted by atomic mass is 10.1. The Morgan fingerprint density at radius 3 is 2.59 bits per heavy atom. The lowest BCUT2D eigenvalue weighted by Gasteiger charge is -2.25. The van der Waals surface area contributed by atoms with Gasteiger partial charge in [-0.3, -0.25) is 9.59 Å². The van der Waals surface area contributed by atoms with Crippen LogP contribution in [0.5, 0.6) is 0 Å². The van der Waals surface area contributed by atoms with Crippen molar-refractivity contribution in [2.24, 2.45) is 5.92 Å². The molecule has 1 saturated heterocycles. The third-order valence-electron chi connectivity index (χ3n) is 3.59. The van der Waals surface area contributed by atoms with Gasteiger partial charge in [-0.25, -0.2) is 0 Å². The Balaban J connectivity index is 1.88. The maximum Gasteiger partial charge on any atom is 0.290 e. The van der Waals surface area contributed by atoms with Gasteiger partial charge in [0.15, 0.2) is 0 Å². The minimum Gasteiger partial charge on any atom is -0.332 e. The normalized spacial score (nSPS) is 24.4. The van der Waals surface area contributed by atoms with E-state index in [9.17, 15) is 9.59 Å². The van der Waals surface area contributed by atoms with E-state index in [0.29, 0.717) is 6.04 Å². The lowest BCUT2D eigenvalue weighted by molar-refractivity contribution is -0.146. The zero-order chi connectivity index (χ0) is 12.4. The minimum absolute atomic E-state index is 0.194. The van der Waals surface area contributed by atoms with Crippen LogP contribution in [0, 0.1) is 5.92 Å². The van der Waals surface area contributed by atoms with Crippen LogP contribution >= 0.6 is 0 Å². The van der Waals surface area contributed by atoms with Crippen LogP contribution in [0.4, 0.5) is 0 Å². The SMILES string of the molecule is CC(C)C(=O)C(=O)N1CCCC1CNC1CC1. The molecule has 0 aromatic rings. The van der Waals surface area contributed by atoms with E-state index >= 15 is 0 Å². The van der Waals surface area contributed by atoms with E-state index in [1.807, 2.05) is 0 Å². The molecule has 1 atom stereocenters. The molecule has 0 aromatic carbocycles. The molecule has 2 rings (SSSR count). The highest BCUT2D eigenvalue weighted by atomic mass is 16.2. The van der Waals surface area contributed by atoms with Gasteiger partial charge in [-0.1, -0.05) is 13.8 Å². The van der Waals surface area contributed by atoms with Gasteiger partial charge >= 0.3 is 0 Å². The molecular formula is C13H22N2O2. The third-order valence-corrected chi connectivity index (χ3v) is 3.59. The fourth-order valence-corrected chi connectivity index (χ4v) is 2.29. The summed E-state index contributed by atoms with van der Waals surface area (Å²) < 4.78 is 0. The minimum atomic E-state index is -0.278. The molecule has 1 saturated carbocycles. The van der Waals surface area contributed by atoms with E-state index in [1.165, 1.54) is 12.8 Å². The molecule has 1 amide bonds. The Morgan fingerprint density at radius 2 is 2.00 bits per heavy atom. The first-order valence-corrected chi connectivity index (χ1v) is 6.67. The molecule has 4 nitrogen and oxygen atoms in total. The van der Waals surface area contributed by atoms with Crippen LogP contribution in [0.3, 0.4) is 0 Å². The molecule has 1 aliphatic carbocycles. The molecule has 1 aliphatic heterocycles. The van der Waals surface area contributed by atoms with Crippen molar-refractivity contribution in [2.45, 2.75) is 51.6 Å². The van der Waals surface area contributed by atoms with Gasteiger partial charge in [0.05, 0.1) is 0 Å². The molecule has 0 aromatic heterocycles. The molecule has 2 fully saturated rings. The van der Waals surface area contributed by atoms with Crippen LogP contribution < -0.4 is 5.32 Å². The number of ketones is 1. The monoisotopic (exact) mass is 238 g/mol. The quantitative estimate of drug-likeness (QED) is 0.726. The summed E-state index contributed by atoms with van der Waals surface area (Å²) in [6, 6.07) is 0.888. The highest BCUT2D eigenvalue weighted by molar-refractivity contribution is 6.36. The van der Waals surface area contributed by atoms with Crippen molar-refractivity contribution >= 4 is 11.7 Å². The maximum absolute atomic E-state index is 12.0. The number of nitrogens with one attached hydrogen (secondary N) is 1. The highest BCUT2D eigenvalue weighted by Crippen LogP contribution is 2.22. The Morgan fingerprint density at radius 1 is 1.29 bits per heavy atom. The molecule has 1 unspecified atom stereocenters. The second kappa shape index (κ2) is 5.17. The van der Waals surface area contributed by atoms with Crippen molar-refractivity contribution in [3.63, 3.8) is 0 Å². The van der Waals surface area contributed by atoms with Crippen LogP contribution in [0.25, 0.3) is 0 Å². The summed E-state index contributed by atoms with van der Waals surface area (Å²) in [5.41, 5.74) is 0. The number of nitrogens with zero attached hydrogens (tertiary/aromatic N) is 1. The number of rotatable bonds is 5. The van der Waals surface area contributed by atoms with Gasteiger partial charge in [0.25, 0.3) is 5.91 Å². The molecule has 1 heterocycles. The van der Waals surface area contributed by atoms with Gasteiger partial charge in [-0.05, 0) is 25.7 Å². The standard InChI is InChI=1S/C13H22N2O2/c1-9(2)12(16)13(17)15-7-3-4-11(15)8-14-10-5-6-10/h9-11,14H,3-8H2,1-2H3. The fraction of sp³-hybridized carbons (Fsp3) is 0.846. The van der Waals surface area contributed by atoms with Crippen LogP contribution in [0.1, 0.15) is 39.5 Å². The first-order valence-electron chi connectivity index (χ1n) is 6.67. The van der Waals surface area contributed by atoms with E-state index in [2.05, 4.69) is 5.32 Å². The molecule has 1 N–H and O–H groups in total. The summed E-state index contributed by atoms with van der Waals surface area (Å²) in [7, 11) is 0. The lowest BCUT2D eigenvalue weighted by Crippen LogP contribution is -2.45. The number of carbonyl (C=O) groups is 2. The summed E-state index contributed by atoms with van der Waals surface area (Å²) in [6.07, 6.45) is 4.56. The van der Waals surface area contributed by atoms with Gasteiger partial charge in [0, 0.05) is 31.1 Å². The molecule has 0 spiro atoms. The Bertz CT molecular complexity index is 311. The summed E-state index contributed by atoms with van der Waals surface area (Å²) in [6.45, 7) is 5.16. The van der Waals surface area contributed by atoms with E-state index < -0.39 is 0 Å². The van der Waals surface area contributed by atoms with Crippen LogP contribution in [-0.2, 0) is 9.59 Å². The van der Waals surface area contributed by atoms with Gasteiger partial charge in [-0.2, -0.15) is 0 Å². The first kappa shape index (κ1) is 12.6. The maximum atomic E-state index is 12.0. The van der Waals surface area contributed by atoms with Crippen molar-refractivity contribution in [1.82, 2.24) is 10.2 Å². The summed E-state index contributed by atoms with van der Waals surface area (Å²) in [4.78, 5) is 25.5. The summed E-state index contributed by atoms with van der Waals surface area (Å²) in [5.74, 6) is -0.719. The van der Waals surface area contributed by atoms with E-state index in [4.69, 9.17) is 0 Å². The first-order chi connectivity index (χ1) is 8.09. The van der Waals surface area contributed by atoms with E-state index in [-0.39, 0.29) is 23.7 Å². The van der Waals surface area contributed by atoms with Gasteiger partial charge in [-0.15, -0.1) is 0 Å². The van der Waals surface area contributed by atoms with Crippen molar-refractivity contribution in [3.05, 3.63) is 0 Å². The molecule has 17 heavy (non-hydrogen) atoms. The molecule has 0 bridgehead atoms. The number of likely N-dealkylation sites (tertiary alicyclic amines) is 1. The molecule has 4 heteroatoms. The van der Waals surface area contributed by atoms with Gasteiger partial charge in [0.2, 0.25) is 5.78 Å². The number of amides is 1. The summed E-state index contributed by atoms with van der Waals surface area (Å²) >= 11 is 0. The number of hydrogen-bond donors (Lipinski definition) is 1. The van der Waals surface area contributed by atoms with Crippen molar-refractivity contribution in [3.8, 4) is 0 Å². The van der Waals surface area contributed by atoms with Crippen LogP contribution in [-0.4, -0.2) is 41.8 Å². The predicted molar refractivity (Wildman–Crippen MR) is 65.6 cm³/mol. The molecule has 2 aliphatic rings. The Hall–Kier alpha value is -0.900. The largest absolute Gasteiger partial charge is 0.332 e. The van der Waals surface area contributed by atoms with Gasteiger partial charge < -0.3 is 10.2 Å². The van der Waals surface area contributed by atoms with Crippen molar-refractivity contribution < 1.29 is 9.59 Å².